The smallest absolute Gasteiger partial charge is 0.293 e. The summed E-state index contributed by atoms with van der Waals surface area (Å²) >= 11 is 0. The van der Waals surface area contributed by atoms with Crippen LogP contribution in [0.2, 0.25) is 0 Å². The highest BCUT2D eigenvalue weighted by Crippen LogP contribution is 2.34. The van der Waals surface area contributed by atoms with Gasteiger partial charge in [0.15, 0.2) is 0 Å². The number of benzene rings is 2. The van der Waals surface area contributed by atoms with Crippen LogP contribution in [0.15, 0.2) is 48.5 Å². The van der Waals surface area contributed by atoms with E-state index < -0.39 is 0 Å². The Morgan fingerprint density at radius 3 is 2.40 bits per heavy atom. The molecule has 1 aliphatic carbocycles. The van der Waals surface area contributed by atoms with Crippen LogP contribution in [0.4, 0.5) is 11.4 Å². The minimum absolute atomic E-state index is 0.0446. The predicted molar refractivity (Wildman–Crippen MR) is 164 cm³/mol. The van der Waals surface area contributed by atoms with E-state index in [4.69, 9.17) is 10.5 Å². The zero-order valence-electron chi connectivity index (χ0n) is 25.1. The first-order chi connectivity index (χ1) is 20.0. The third kappa shape index (κ3) is 6.50. The SMILES string of the molecule is Cn1nc(C(C)(C)C)cc1C(=O)N(Cc1cccc(-c2ccc(N3CCOCC3)c([N+](=O)[O-])c2)c1)C1CCC(N)CC1. The molecule has 1 saturated heterocycles. The predicted octanol–water partition coefficient (Wildman–Crippen LogP) is 5.04. The second-order valence-corrected chi connectivity index (χ2v) is 12.6. The number of nitro benzene ring substituents is 1. The summed E-state index contributed by atoms with van der Waals surface area (Å²) in [5.41, 5.74) is 10.8. The number of hydrogen-bond acceptors (Lipinski definition) is 7. The molecule has 0 spiro atoms. The van der Waals surface area contributed by atoms with E-state index in [-0.39, 0.29) is 34.0 Å². The van der Waals surface area contributed by atoms with Gasteiger partial charge in [0, 0.05) is 50.2 Å². The number of rotatable bonds is 7. The van der Waals surface area contributed by atoms with Crippen LogP contribution in [0.5, 0.6) is 0 Å². The van der Waals surface area contributed by atoms with Crippen molar-refractivity contribution >= 4 is 17.3 Å². The lowest BCUT2D eigenvalue weighted by atomic mass is 9.90. The summed E-state index contributed by atoms with van der Waals surface area (Å²) in [6, 6.07) is 15.5. The van der Waals surface area contributed by atoms with Gasteiger partial charge in [-0.3, -0.25) is 19.6 Å². The molecule has 10 heteroatoms. The molecule has 2 N–H and O–H groups in total. The molecular weight excluding hydrogens is 532 g/mol. The maximum Gasteiger partial charge on any atom is 0.293 e. The number of nitrogens with zero attached hydrogens (tertiary/aromatic N) is 5. The average molecular weight is 575 g/mol. The van der Waals surface area contributed by atoms with Crippen LogP contribution in [0.25, 0.3) is 11.1 Å². The normalized spacial score (nSPS) is 19.5. The molecule has 2 heterocycles. The van der Waals surface area contributed by atoms with Crippen molar-refractivity contribution in [3.05, 3.63) is 75.6 Å². The Morgan fingerprint density at radius 2 is 1.76 bits per heavy atom. The maximum absolute atomic E-state index is 14.1. The molecule has 5 rings (SSSR count). The van der Waals surface area contributed by atoms with Gasteiger partial charge in [-0.15, -0.1) is 0 Å². The van der Waals surface area contributed by atoms with Gasteiger partial charge in [0.05, 0.1) is 23.8 Å². The summed E-state index contributed by atoms with van der Waals surface area (Å²) < 4.78 is 7.12. The number of ether oxygens (including phenoxy) is 1. The molecule has 42 heavy (non-hydrogen) atoms. The van der Waals surface area contributed by atoms with Crippen molar-refractivity contribution < 1.29 is 14.5 Å². The van der Waals surface area contributed by atoms with Gasteiger partial charge in [0.25, 0.3) is 11.6 Å². The van der Waals surface area contributed by atoms with E-state index >= 15 is 0 Å². The molecule has 224 valence electrons. The molecule has 1 aliphatic heterocycles. The maximum atomic E-state index is 14.1. The fourth-order valence-electron chi connectivity index (χ4n) is 5.93. The molecule has 0 radical (unpaired) electrons. The molecule has 1 amide bonds. The van der Waals surface area contributed by atoms with Crippen molar-refractivity contribution in [2.45, 2.75) is 70.5 Å². The number of hydrogen-bond donors (Lipinski definition) is 1. The topological polar surface area (TPSA) is 120 Å². The number of nitro groups is 1. The highest BCUT2D eigenvalue weighted by Gasteiger charge is 2.31. The van der Waals surface area contributed by atoms with Crippen LogP contribution < -0.4 is 10.6 Å². The number of carbonyl (C=O) groups excluding carboxylic acids is 1. The Kier molecular flexibility index (Phi) is 8.65. The Labute approximate surface area is 247 Å². The summed E-state index contributed by atoms with van der Waals surface area (Å²) in [4.78, 5) is 29.8. The lowest BCUT2D eigenvalue weighted by Crippen LogP contribution is -2.44. The summed E-state index contributed by atoms with van der Waals surface area (Å²) in [7, 11) is 1.82. The lowest BCUT2D eigenvalue weighted by Gasteiger charge is -2.36. The van der Waals surface area contributed by atoms with E-state index in [9.17, 15) is 14.9 Å². The number of anilines is 1. The first-order valence-corrected chi connectivity index (χ1v) is 14.8. The molecule has 3 aromatic rings. The van der Waals surface area contributed by atoms with E-state index in [1.807, 2.05) is 59.3 Å². The van der Waals surface area contributed by atoms with Crippen molar-refractivity contribution in [3.63, 3.8) is 0 Å². The monoisotopic (exact) mass is 574 g/mol. The van der Waals surface area contributed by atoms with E-state index in [1.165, 1.54) is 0 Å². The largest absolute Gasteiger partial charge is 0.378 e. The second-order valence-electron chi connectivity index (χ2n) is 12.6. The molecule has 1 saturated carbocycles. The van der Waals surface area contributed by atoms with Crippen molar-refractivity contribution in [3.8, 4) is 11.1 Å². The van der Waals surface area contributed by atoms with Gasteiger partial charge in [0.2, 0.25) is 0 Å². The molecule has 0 bridgehead atoms. The number of amides is 1. The number of aryl methyl sites for hydroxylation is 1. The molecule has 2 fully saturated rings. The van der Waals surface area contributed by atoms with Gasteiger partial charge in [-0.25, -0.2) is 0 Å². The first kappa shape index (κ1) is 29.7. The Bertz CT molecular complexity index is 1430. The van der Waals surface area contributed by atoms with Gasteiger partial charge in [-0.1, -0.05) is 45.0 Å². The zero-order chi connectivity index (χ0) is 30.0. The minimum atomic E-state index is -0.313. The fourth-order valence-corrected chi connectivity index (χ4v) is 5.93. The highest BCUT2D eigenvalue weighted by atomic mass is 16.6. The van der Waals surface area contributed by atoms with Crippen LogP contribution >= 0.6 is 0 Å². The van der Waals surface area contributed by atoms with Gasteiger partial charge >= 0.3 is 0 Å². The number of nitrogens with two attached hydrogens (primary N) is 1. The summed E-state index contributed by atoms with van der Waals surface area (Å²) in [6.07, 6.45) is 3.47. The lowest BCUT2D eigenvalue weighted by molar-refractivity contribution is -0.384. The highest BCUT2D eigenvalue weighted by molar-refractivity contribution is 5.93. The molecule has 1 aromatic heterocycles. The van der Waals surface area contributed by atoms with Crippen molar-refractivity contribution in [2.24, 2.45) is 12.8 Å². The van der Waals surface area contributed by atoms with Crippen molar-refractivity contribution in [1.82, 2.24) is 14.7 Å². The van der Waals surface area contributed by atoms with Gasteiger partial charge in [0.1, 0.15) is 11.4 Å². The van der Waals surface area contributed by atoms with Crippen molar-refractivity contribution in [1.29, 1.82) is 0 Å². The van der Waals surface area contributed by atoms with E-state index in [2.05, 4.69) is 25.9 Å². The van der Waals surface area contributed by atoms with Gasteiger partial charge in [-0.2, -0.15) is 5.10 Å². The van der Waals surface area contributed by atoms with E-state index in [1.54, 1.807) is 10.7 Å². The zero-order valence-corrected chi connectivity index (χ0v) is 25.1. The van der Waals surface area contributed by atoms with Crippen LogP contribution in [0.3, 0.4) is 0 Å². The Hall–Kier alpha value is -3.76. The fraction of sp³-hybridized carbons (Fsp3) is 0.500. The molecule has 10 nitrogen and oxygen atoms in total. The first-order valence-electron chi connectivity index (χ1n) is 14.8. The van der Waals surface area contributed by atoms with Crippen LogP contribution in [-0.2, 0) is 23.7 Å². The number of aromatic nitrogens is 2. The van der Waals surface area contributed by atoms with E-state index in [0.29, 0.717) is 44.2 Å². The summed E-state index contributed by atoms with van der Waals surface area (Å²) in [5, 5.41) is 16.7. The summed E-state index contributed by atoms with van der Waals surface area (Å²) in [6.45, 7) is 9.06. The summed E-state index contributed by atoms with van der Waals surface area (Å²) in [5.74, 6) is -0.0446. The molecule has 2 aliphatic rings. The number of carbonyl (C=O) groups is 1. The van der Waals surface area contributed by atoms with Gasteiger partial charge in [-0.05, 0) is 60.6 Å². The Balaban J connectivity index is 1.45. The third-order valence-electron chi connectivity index (χ3n) is 8.45. The second kappa shape index (κ2) is 12.2. The third-order valence-corrected chi connectivity index (χ3v) is 8.45. The average Bonchev–Trinajstić information content (AvgIpc) is 3.38. The van der Waals surface area contributed by atoms with E-state index in [0.717, 1.165) is 48.1 Å². The number of morpholine rings is 1. The minimum Gasteiger partial charge on any atom is -0.378 e. The van der Waals surface area contributed by atoms with Crippen molar-refractivity contribution in [2.75, 3.05) is 31.2 Å². The molecular formula is C32H42N6O4. The van der Waals surface area contributed by atoms with Crippen LogP contribution in [-0.4, -0.2) is 63.9 Å². The molecule has 0 atom stereocenters. The quantitative estimate of drug-likeness (QED) is 0.310. The molecule has 0 unspecified atom stereocenters. The van der Waals surface area contributed by atoms with Crippen LogP contribution in [0.1, 0.15) is 68.2 Å². The van der Waals surface area contributed by atoms with Crippen LogP contribution in [0, 0.1) is 10.1 Å². The Morgan fingerprint density at radius 1 is 1.07 bits per heavy atom. The van der Waals surface area contributed by atoms with Gasteiger partial charge < -0.3 is 20.3 Å². The molecule has 2 aromatic carbocycles. The standard InChI is InChI=1S/C32H42N6O4/c1-32(2,3)30-20-29(35(4)34-30)31(39)37(26-11-9-25(33)10-12-26)21-22-6-5-7-23(18-22)24-8-13-27(28(19-24)38(40)41)36-14-16-42-17-15-36/h5-8,13,18-20,25-26H,9-12,14-17,21,33H2,1-4H3.